The summed E-state index contributed by atoms with van der Waals surface area (Å²) in [6, 6.07) is 13.2. The maximum atomic E-state index is 12.9. The Labute approximate surface area is 197 Å². The number of rotatable bonds is 5. The van der Waals surface area contributed by atoms with E-state index in [1.165, 1.54) is 24.6 Å². The molecule has 0 bridgehead atoms. The largest absolute Gasteiger partial charge is 0.319 e. The lowest BCUT2D eigenvalue weighted by atomic mass is 9.98. The summed E-state index contributed by atoms with van der Waals surface area (Å²) in [4.78, 5) is 23.8. The molecule has 3 aromatic heterocycles. The molecule has 1 aliphatic rings. The van der Waals surface area contributed by atoms with Gasteiger partial charge in [0.25, 0.3) is 5.91 Å². The summed E-state index contributed by atoms with van der Waals surface area (Å²) in [7, 11) is 0. The monoisotopic (exact) mass is 451 g/mol. The zero-order valence-electron chi connectivity index (χ0n) is 19.0. The van der Waals surface area contributed by atoms with Crippen molar-refractivity contribution >= 4 is 22.5 Å². The summed E-state index contributed by atoms with van der Waals surface area (Å²) in [5.74, 6) is 0.461. The zero-order chi connectivity index (χ0) is 23.5. The summed E-state index contributed by atoms with van der Waals surface area (Å²) >= 11 is 0. The lowest BCUT2D eigenvalue weighted by Gasteiger charge is -2.30. The van der Waals surface area contributed by atoms with Gasteiger partial charge in [-0.25, -0.2) is 4.98 Å². The van der Waals surface area contributed by atoms with Gasteiger partial charge in [0.15, 0.2) is 5.69 Å². The number of carbonyl (C=O) groups excluding carboxylic acids is 1. The molecular formula is C26H25N7O. The number of nitriles is 1. The van der Waals surface area contributed by atoms with Crippen LogP contribution in [0, 0.1) is 17.2 Å². The minimum Gasteiger partial charge on any atom is -0.319 e. The highest BCUT2D eigenvalue weighted by atomic mass is 16.1. The van der Waals surface area contributed by atoms with Crippen molar-refractivity contribution in [2.75, 3.05) is 18.4 Å². The Morgan fingerprint density at radius 2 is 2.00 bits per heavy atom. The van der Waals surface area contributed by atoms with Gasteiger partial charge in [0.2, 0.25) is 0 Å². The van der Waals surface area contributed by atoms with E-state index in [1.54, 1.807) is 12.1 Å². The number of carbonyl (C=O) groups is 1. The number of nitrogens with zero attached hydrogens (tertiary/aromatic N) is 5. The van der Waals surface area contributed by atoms with Crippen LogP contribution in [0.4, 0.5) is 5.69 Å². The van der Waals surface area contributed by atoms with Gasteiger partial charge >= 0.3 is 0 Å². The van der Waals surface area contributed by atoms with Crippen molar-refractivity contribution in [3.05, 3.63) is 71.9 Å². The van der Waals surface area contributed by atoms with E-state index < -0.39 is 0 Å². The molecule has 1 fully saturated rings. The van der Waals surface area contributed by atoms with Crippen molar-refractivity contribution in [1.82, 2.24) is 25.1 Å². The minimum atomic E-state index is -0.346. The number of nitrogens with one attached hydrogen (secondary N) is 2. The summed E-state index contributed by atoms with van der Waals surface area (Å²) in [6.07, 6.45) is 7.73. The second kappa shape index (κ2) is 9.41. The van der Waals surface area contributed by atoms with Crippen LogP contribution in [-0.4, -0.2) is 44.1 Å². The summed E-state index contributed by atoms with van der Waals surface area (Å²) in [5.41, 5.74) is 5.04. The van der Waals surface area contributed by atoms with E-state index >= 15 is 0 Å². The first kappa shape index (κ1) is 21.7. The van der Waals surface area contributed by atoms with Crippen LogP contribution < -0.4 is 5.32 Å². The second-order valence-electron chi connectivity index (χ2n) is 8.87. The first-order valence-corrected chi connectivity index (χ1v) is 11.4. The van der Waals surface area contributed by atoms with E-state index in [0.717, 1.165) is 47.6 Å². The van der Waals surface area contributed by atoms with Gasteiger partial charge in [-0.2, -0.15) is 10.4 Å². The fraction of sp³-hybridized carbons (Fsp3) is 0.269. The standard InChI is InChI=1S/C26H25N7O/c1-17-6-8-33(9-7-17)16-18-10-20(14-28-13-18)19-2-5-24-23(11-19)25(32-31-24)26(34)30-22-4-3-21(12-27)29-15-22/h2-5,10-11,13-15,17H,6-9,16H2,1H3,(H,30,34)(H,31,32). The number of H-pyrrole nitrogens is 1. The maximum absolute atomic E-state index is 12.9. The lowest BCUT2D eigenvalue weighted by molar-refractivity contribution is 0.102. The molecule has 34 heavy (non-hydrogen) atoms. The van der Waals surface area contributed by atoms with Crippen LogP contribution in [0.5, 0.6) is 0 Å². The van der Waals surface area contributed by atoms with Crippen LogP contribution in [0.1, 0.15) is 41.5 Å². The molecule has 4 heterocycles. The molecule has 1 aliphatic heterocycles. The van der Waals surface area contributed by atoms with E-state index in [1.807, 2.05) is 36.7 Å². The van der Waals surface area contributed by atoms with E-state index in [-0.39, 0.29) is 5.91 Å². The van der Waals surface area contributed by atoms with Gasteiger partial charge in [0.1, 0.15) is 11.8 Å². The fourth-order valence-electron chi connectivity index (χ4n) is 4.30. The van der Waals surface area contributed by atoms with Crippen molar-refractivity contribution < 1.29 is 4.79 Å². The Bertz CT molecular complexity index is 1360. The predicted molar refractivity (Wildman–Crippen MR) is 130 cm³/mol. The maximum Gasteiger partial charge on any atom is 0.276 e. The third kappa shape index (κ3) is 4.65. The number of pyridine rings is 2. The van der Waals surface area contributed by atoms with Crippen LogP contribution >= 0.6 is 0 Å². The van der Waals surface area contributed by atoms with Crippen LogP contribution in [0.2, 0.25) is 0 Å². The van der Waals surface area contributed by atoms with Crippen molar-refractivity contribution in [2.45, 2.75) is 26.3 Å². The number of hydrogen-bond acceptors (Lipinski definition) is 6. The molecule has 0 unspecified atom stereocenters. The Hall–Kier alpha value is -4.09. The average molecular weight is 452 g/mol. The molecule has 1 amide bonds. The molecule has 0 atom stereocenters. The van der Waals surface area contributed by atoms with Crippen LogP contribution in [0.15, 0.2) is 55.0 Å². The van der Waals surface area contributed by atoms with Gasteiger partial charge < -0.3 is 5.32 Å². The molecule has 0 spiro atoms. The van der Waals surface area contributed by atoms with E-state index in [4.69, 9.17) is 5.26 Å². The Kier molecular flexibility index (Phi) is 6.02. The fourth-order valence-corrected chi connectivity index (χ4v) is 4.30. The highest BCUT2D eigenvalue weighted by Gasteiger charge is 2.17. The van der Waals surface area contributed by atoms with Gasteiger partial charge in [-0.05, 0) is 73.3 Å². The zero-order valence-corrected chi connectivity index (χ0v) is 19.0. The number of piperidine rings is 1. The molecule has 0 radical (unpaired) electrons. The van der Waals surface area contributed by atoms with E-state index in [0.29, 0.717) is 17.1 Å². The van der Waals surface area contributed by atoms with Crippen molar-refractivity contribution in [3.63, 3.8) is 0 Å². The molecule has 1 saturated heterocycles. The molecule has 8 nitrogen and oxygen atoms in total. The van der Waals surface area contributed by atoms with Crippen molar-refractivity contribution in [3.8, 4) is 17.2 Å². The first-order valence-electron chi connectivity index (χ1n) is 11.4. The number of hydrogen-bond donors (Lipinski definition) is 2. The molecule has 1 aromatic carbocycles. The second-order valence-corrected chi connectivity index (χ2v) is 8.87. The molecule has 0 saturated carbocycles. The number of aromatic nitrogens is 4. The summed E-state index contributed by atoms with van der Waals surface area (Å²) < 4.78 is 0. The number of amides is 1. The third-order valence-corrected chi connectivity index (χ3v) is 6.32. The molecule has 2 N–H and O–H groups in total. The minimum absolute atomic E-state index is 0.290. The summed E-state index contributed by atoms with van der Waals surface area (Å²) in [5, 5.41) is 19.6. The van der Waals surface area contributed by atoms with Crippen LogP contribution in [-0.2, 0) is 6.54 Å². The molecule has 5 rings (SSSR count). The molecule has 170 valence electrons. The van der Waals surface area contributed by atoms with Gasteiger partial charge in [0.05, 0.1) is 17.4 Å². The van der Waals surface area contributed by atoms with E-state index in [2.05, 4.69) is 43.4 Å². The Morgan fingerprint density at radius 3 is 2.76 bits per heavy atom. The normalized spacial score (nSPS) is 14.7. The number of fused-ring (bicyclic) bond motifs is 1. The molecule has 0 aliphatic carbocycles. The molecular weight excluding hydrogens is 426 g/mol. The highest BCUT2D eigenvalue weighted by Crippen LogP contribution is 2.27. The third-order valence-electron chi connectivity index (χ3n) is 6.32. The average Bonchev–Trinajstić information content (AvgIpc) is 3.30. The predicted octanol–water partition coefficient (Wildman–Crippen LogP) is 4.38. The topological polar surface area (TPSA) is 111 Å². The SMILES string of the molecule is CC1CCN(Cc2cncc(-c3ccc4[nH]nc(C(=O)Nc5ccc(C#N)nc5)c4c3)c2)CC1. The highest BCUT2D eigenvalue weighted by molar-refractivity contribution is 6.11. The number of benzene rings is 1. The number of likely N-dealkylation sites (tertiary alicyclic amines) is 1. The molecule has 8 heteroatoms. The molecule has 4 aromatic rings. The Balaban J connectivity index is 1.37. The first-order chi connectivity index (χ1) is 16.6. The smallest absolute Gasteiger partial charge is 0.276 e. The van der Waals surface area contributed by atoms with Crippen LogP contribution in [0.3, 0.4) is 0 Å². The quantitative estimate of drug-likeness (QED) is 0.466. The Morgan fingerprint density at radius 1 is 1.15 bits per heavy atom. The van der Waals surface area contributed by atoms with Gasteiger partial charge in [-0.15, -0.1) is 0 Å². The van der Waals surface area contributed by atoms with Gasteiger partial charge in [-0.1, -0.05) is 13.0 Å². The van der Waals surface area contributed by atoms with E-state index in [9.17, 15) is 4.79 Å². The van der Waals surface area contributed by atoms with Crippen LogP contribution in [0.25, 0.3) is 22.0 Å². The number of anilines is 1. The number of aromatic amines is 1. The lowest BCUT2D eigenvalue weighted by Crippen LogP contribution is -2.32. The van der Waals surface area contributed by atoms with Gasteiger partial charge in [-0.3, -0.25) is 19.8 Å². The van der Waals surface area contributed by atoms with Crippen molar-refractivity contribution in [2.24, 2.45) is 5.92 Å². The van der Waals surface area contributed by atoms with Crippen molar-refractivity contribution in [1.29, 1.82) is 5.26 Å². The van der Waals surface area contributed by atoms with Gasteiger partial charge in [0, 0.05) is 29.9 Å². The summed E-state index contributed by atoms with van der Waals surface area (Å²) in [6.45, 7) is 5.47.